The van der Waals surface area contributed by atoms with E-state index in [0.717, 1.165) is 53.0 Å². The third-order valence-corrected chi connectivity index (χ3v) is 9.06. The number of thiophene rings is 1. The molecule has 7 rings (SSSR count). The van der Waals surface area contributed by atoms with Crippen molar-refractivity contribution < 1.29 is 9.13 Å². The van der Waals surface area contributed by atoms with Crippen molar-refractivity contribution in [2.45, 2.75) is 19.3 Å². The van der Waals surface area contributed by atoms with Gasteiger partial charge < -0.3 is 20.3 Å². The van der Waals surface area contributed by atoms with Gasteiger partial charge in [-0.2, -0.15) is 5.26 Å². The highest BCUT2D eigenvalue weighted by molar-refractivity contribution is 7.23. The smallest absolute Gasteiger partial charge is 0.225 e. The van der Waals surface area contributed by atoms with Crippen molar-refractivity contribution in [1.82, 2.24) is 14.9 Å². The molecule has 5 heterocycles. The summed E-state index contributed by atoms with van der Waals surface area (Å²) in [5, 5.41) is 11.9. The zero-order chi connectivity index (χ0) is 24.0. The molecule has 10 heteroatoms. The number of aromatic nitrogens is 2. The van der Waals surface area contributed by atoms with E-state index >= 15 is 0 Å². The number of fused-ring (bicyclic) bond motifs is 5. The van der Waals surface area contributed by atoms with Crippen molar-refractivity contribution in [1.29, 1.82) is 5.26 Å². The maximum Gasteiger partial charge on any atom is 0.225 e. The van der Waals surface area contributed by atoms with Crippen LogP contribution in [0.5, 0.6) is 0 Å². The molecule has 0 amide bonds. The Morgan fingerprint density at radius 2 is 2.09 bits per heavy atom. The second kappa shape index (κ2) is 7.48. The van der Waals surface area contributed by atoms with Gasteiger partial charge in [-0.1, -0.05) is 17.7 Å². The lowest BCUT2D eigenvalue weighted by Gasteiger charge is -2.40. The van der Waals surface area contributed by atoms with Gasteiger partial charge in [0, 0.05) is 54.1 Å². The Labute approximate surface area is 209 Å². The van der Waals surface area contributed by atoms with Crippen LogP contribution in [0.15, 0.2) is 18.3 Å². The van der Waals surface area contributed by atoms with Crippen LogP contribution in [-0.4, -0.2) is 47.6 Å². The minimum Gasteiger partial charge on any atom is -0.389 e. The predicted molar refractivity (Wildman–Crippen MR) is 135 cm³/mol. The molecule has 2 N–H and O–H groups in total. The molecule has 2 saturated heterocycles. The van der Waals surface area contributed by atoms with Gasteiger partial charge in [-0.05, 0) is 29.8 Å². The van der Waals surface area contributed by atoms with E-state index in [1.165, 1.54) is 6.07 Å². The Balaban J connectivity index is 1.47. The quantitative estimate of drug-likeness (QED) is 0.427. The molecule has 2 aromatic carbocycles. The standard InChI is InChI=1S/C25H20ClFN6OS/c1-32-6-11-7-33(8-18(11)32)25-30-5-14-15-9-34-10-16(15)19(21(26)22(14)31-25)12-2-3-17(27)23-20(12)13(4-28)24(29)35-23/h2-3,5,11,18H,6-10,29H2,1H3/t11-,18+/m0/s1. The number of benzene rings is 2. The lowest BCUT2D eigenvalue weighted by atomic mass is 9.91. The van der Waals surface area contributed by atoms with E-state index in [4.69, 9.17) is 32.0 Å². The minimum atomic E-state index is -0.412. The molecule has 0 saturated carbocycles. The maximum absolute atomic E-state index is 14.7. The van der Waals surface area contributed by atoms with Crippen LogP contribution >= 0.6 is 22.9 Å². The van der Waals surface area contributed by atoms with Crippen LogP contribution in [0.25, 0.3) is 32.1 Å². The first-order valence-corrected chi connectivity index (χ1v) is 12.6. The summed E-state index contributed by atoms with van der Waals surface area (Å²) in [4.78, 5) is 14.2. The summed E-state index contributed by atoms with van der Waals surface area (Å²) in [5.41, 5.74) is 10.3. The number of nitrogen functional groups attached to an aromatic ring is 1. The van der Waals surface area contributed by atoms with Crippen molar-refractivity contribution in [2.24, 2.45) is 5.92 Å². The number of nitriles is 1. The first kappa shape index (κ1) is 21.3. The highest BCUT2D eigenvalue weighted by Gasteiger charge is 2.44. The van der Waals surface area contributed by atoms with Crippen LogP contribution in [-0.2, 0) is 18.0 Å². The van der Waals surface area contributed by atoms with E-state index < -0.39 is 5.82 Å². The number of halogens is 2. The fourth-order valence-electron chi connectivity index (χ4n) is 5.91. The highest BCUT2D eigenvalue weighted by Crippen LogP contribution is 2.48. The molecule has 0 bridgehead atoms. The van der Waals surface area contributed by atoms with Gasteiger partial charge in [0.05, 0.1) is 34.0 Å². The lowest BCUT2D eigenvalue weighted by Crippen LogP contribution is -2.52. The van der Waals surface area contributed by atoms with Crippen molar-refractivity contribution in [2.75, 3.05) is 37.3 Å². The fourth-order valence-corrected chi connectivity index (χ4v) is 7.22. The molecule has 35 heavy (non-hydrogen) atoms. The Kier molecular flexibility index (Phi) is 4.55. The third kappa shape index (κ3) is 2.88. The van der Waals surface area contributed by atoms with E-state index in [1.807, 2.05) is 6.20 Å². The molecule has 2 aromatic heterocycles. The van der Waals surface area contributed by atoms with Crippen molar-refractivity contribution in [3.05, 3.63) is 45.9 Å². The van der Waals surface area contributed by atoms with Crippen LogP contribution in [0.1, 0.15) is 16.7 Å². The summed E-state index contributed by atoms with van der Waals surface area (Å²) in [6, 6.07) is 5.76. The third-order valence-electron chi connectivity index (χ3n) is 7.66. The van der Waals surface area contributed by atoms with Gasteiger partial charge in [-0.15, -0.1) is 11.3 Å². The SMILES string of the molecule is CN1C[C@H]2CN(c3ncc4c5c(c(-c6ccc(F)c7sc(N)c(C#N)c67)c(Cl)c4n3)COC5)C[C@H]21. The first-order chi connectivity index (χ1) is 17.0. The number of likely N-dealkylation sites (N-methyl/N-ethyl adjacent to an activating group) is 1. The number of hydrogen-bond acceptors (Lipinski definition) is 8. The molecule has 3 aliphatic rings. The molecular weight excluding hydrogens is 487 g/mol. The number of nitrogens with two attached hydrogens (primary N) is 1. The van der Waals surface area contributed by atoms with E-state index in [2.05, 4.69) is 22.9 Å². The zero-order valence-corrected chi connectivity index (χ0v) is 20.4. The Morgan fingerprint density at radius 3 is 2.86 bits per heavy atom. The van der Waals surface area contributed by atoms with E-state index in [9.17, 15) is 9.65 Å². The number of rotatable bonds is 2. The molecular formula is C25H20ClFN6OS. The monoisotopic (exact) mass is 506 g/mol. The van der Waals surface area contributed by atoms with Crippen molar-refractivity contribution in [3.8, 4) is 17.2 Å². The van der Waals surface area contributed by atoms with Gasteiger partial charge in [0.25, 0.3) is 0 Å². The van der Waals surface area contributed by atoms with Gasteiger partial charge in [-0.3, -0.25) is 0 Å². The largest absolute Gasteiger partial charge is 0.389 e. The lowest BCUT2D eigenvalue weighted by molar-refractivity contribution is 0.0827. The maximum atomic E-state index is 14.7. The van der Waals surface area contributed by atoms with E-state index in [0.29, 0.717) is 57.3 Å². The Morgan fingerprint density at radius 1 is 1.26 bits per heavy atom. The molecule has 7 nitrogen and oxygen atoms in total. The summed E-state index contributed by atoms with van der Waals surface area (Å²) in [6.07, 6.45) is 1.84. The van der Waals surface area contributed by atoms with Gasteiger partial charge in [0.1, 0.15) is 16.9 Å². The van der Waals surface area contributed by atoms with Crippen molar-refractivity contribution in [3.63, 3.8) is 0 Å². The van der Waals surface area contributed by atoms with Crippen LogP contribution in [0.3, 0.4) is 0 Å². The number of ether oxygens (including phenoxy) is 1. The fraction of sp³-hybridized carbons (Fsp3) is 0.320. The number of likely N-dealkylation sites (tertiary alicyclic amines) is 1. The highest BCUT2D eigenvalue weighted by atomic mass is 35.5. The molecule has 0 aliphatic carbocycles. The summed E-state index contributed by atoms with van der Waals surface area (Å²) in [5.74, 6) is 0.887. The van der Waals surface area contributed by atoms with Crippen LogP contribution in [0.2, 0.25) is 5.02 Å². The first-order valence-electron chi connectivity index (χ1n) is 11.4. The minimum absolute atomic E-state index is 0.267. The van der Waals surface area contributed by atoms with Crippen molar-refractivity contribution >= 4 is 54.9 Å². The van der Waals surface area contributed by atoms with Crippen LogP contribution in [0.4, 0.5) is 15.3 Å². The summed E-state index contributed by atoms with van der Waals surface area (Å²) in [6.45, 7) is 3.69. The van der Waals surface area contributed by atoms with Gasteiger partial charge in [-0.25, -0.2) is 14.4 Å². The number of hydrogen-bond donors (Lipinski definition) is 1. The van der Waals surface area contributed by atoms with Gasteiger partial charge in [0.2, 0.25) is 5.95 Å². The van der Waals surface area contributed by atoms with Crippen LogP contribution < -0.4 is 10.6 Å². The molecule has 0 unspecified atom stereocenters. The normalized spacial score (nSPS) is 21.4. The van der Waals surface area contributed by atoms with Gasteiger partial charge in [0.15, 0.2) is 0 Å². The second-order valence-corrected chi connectivity index (χ2v) is 10.9. The predicted octanol–water partition coefficient (Wildman–Crippen LogP) is 4.54. The molecule has 3 aliphatic heterocycles. The average molecular weight is 507 g/mol. The summed E-state index contributed by atoms with van der Waals surface area (Å²) < 4.78 is 20.9. The van der Waals surface area contributed by atoms with E-state index in [1.54, 1.807) is 6.07 Å². The average Bonchev–Trinajstić information content (AvgIpc) is 3.55. The molecule has 176 valence electrons. The zero-order valence-electron chi connectivity index (χ0n) is 18.8. The second-order valence-electron chi connectivity index (χ2n) is 9.50. The molecule has 0 radical (unpaired) electrons. The molecule has 4 aromatic rings. The number of nitrogens with zero attached hydrogens (tertiary/aromatic N) is 5. The molecule has 2 atom stereocenters. The number of anilines is 2. The van der Waals surface area contributed by atoms with Gasteiger partial charge >= 0.3 is 0 Å². The Bertz CT molecular complexity index is 1610. The van der Waals surface area contributed by atoms with E-state index in [-0.39, 0.29) is 10.6 Å². The molecule has 0 spiro atoms. The summed E-state index contributed by atoms with van der Waals surface area (Å²) >= 11 is 8.17. The van der Waals surface area contributed by atoms with Crippen LogP contribution in [0, 0.1) is 23.1 Å². The topological polar surface area (TPSA) is 91.3 Å². The summed E-state index contributed by atoms with van der Waals surface area (Å²) in [7, 11) is 2.15. The molecule has 2 fully saturated rings. The Hall–Kier alpha value is -3.03.